The molecule has 5 rings (SSSR count). The van der Waals surface area contributed by atoms with Gasteiger partial charge in [0.15, 0.2) is 5.69 Å². The highest BCUT2D eigenvalue weighted by Crippen LogP contribution is 2.33. The van der Waals surface area contributed by atoms with Gasteiger partial charge in [-0.25, -0.2) is 19.8 Å². The van der Waals surface area contributed by atoms with E-state index in [9.17, 15) is 20.0 Å². The van der Waals surface area contributed by atoms with Gasteiger partial charge in [-0.3, -0.25) is 0 Å². The van der Waals surface area contributed by atoms with E-state index in [1.54, 1.807) is 54.5 Å². The molecule has 4 aromatic rings. The van der Waals surface area contributed by atoms with Crippen LogP contribution in [0.4, 0.5) is 16.2 Å². The summed E-state index contributed by atoms with van der Waals surface area (Å²) in [6.45, 7) is 2.22. The molecule has 0 spiro atoms. The van der Waals surface area contributed by atoms with Crippen LogP contribution in [0, 0.1) is 5.21 Å². The summed E-state index contributed by atoms with van der Waals surface area (Å²) in [7, 11) is 0. The number of hydrogen-bond acceptors (Lipinski definition) is 9. The third-order valence-corrected chi connectivity index (χ3v) is 5.90. The minimum absolute atomic E-state index is 0.0951. The summed E-state index contributed by atoms with van der Waals surface area (Å²) in [5, 5.41) is 26.4. The van der Waals surface area contributed by atoms with E-state index in [1.807, 2.05) is 0 Å². The molecular weight excluding hydrogens is 482 g/mol. The molecule has 1 aliphatic rings. The Balaban J connectivity index is 1.39. The van der Waals surface area contributed by atoms with Crippen LogP contribution in [0.5, 0.6) is 0 Å². The molecule has 0 radical (unpaired) electrons. The summed E-state index contributed by atoms with van der Waals surface area (Å²) in [6, 6.07) is 11.5. The van der Waals surface area contributed by atoms with Crippen LogP contribution in [0.2, 0.25) is 0 Å². The van der Waals surface area contributed by atoms with Gasteiger partial charge in [0.2, 0.25) is 11.7 Å². The molecule has 37 heavy (non-hydrogen) atoms. The number of amides is 2. The van der Waals surface area contributed by atoms with E-state index in [4.69, 9.17) is 9.26 Å². The van der Waals surface area contributed by atoms with Crippen LogP contribution in [0.1, 0.15) is 40.6 Å². The third kappa shape index (κ3) is 5.04. The lowest BCUT2D eigenvalue weighted by Gasteiger charge is -2.32. The second-order valence-corrected chi connectivity index (χ2v) is 8.25. The number of hydrogen-bond donors (Lipinski definition) is 4. The summed E-state index contributed by atoms with van der Waals surface area (Å²) in [5.74, 6) is -0.0395. The Morgan fingerprint density at radius 3 is 2.86 bits per heavy atom. The van der Waals surface area contributed by atoms with Crippen LogP contribution in [-0.4, -0.2) is 48.8 Å². The largest absolute Gasteiger partial charge is 0.595 e. The molecule has 1 aliphatic heterocycles. The topological polar surface area (TPSA) is 174 Å². The third-order valence-electron chi connectivity index (χ3n) is 5.90. The number of imidazole rings is 1. The van der Waals surface area contributed by atoms with E-state index in [2.05, 4.69) is 25.4 Å². The molecule has 2 aromatic heterocycles. The number of quaternary nitrogens is 1. The number of H-pyrrole nitrogens is 1. The Labute approximate surface area is 210 Å². The molecule has 0 bridgehead atoms. The van der Waals surface area contributed by atoms with Crippen molar-refractivity contribution in [1.82, 2.24) is 25.0 Å². The molecule has 13 nitrogen and oxygen atoms in total. The number of nitrogens with zero attached hydrogens (tertiary/aromatic N) is 4. The van der Waals surface area contributed by atoms with Gasteiger partial charge < -0.3 is 29.7 Å². The number of carbonyl (C=O) groups excluding carboxylic acids is 2. The lowest BCUT2D eigenvalue weighted by Crippen LogP contribution is -2.99. The zero-order valence-corrected chi connectivity index (χ0v) is 19.7. The fraction of sp³-hybridized carbons (Fsp3) is 0.208. The second-order valence-electron chi connectivity index (χ2n) is 8.25. The van der Waals surface area contributed by atoms with Crippen molar-refractivity contribution in [2.75, 3.05) is 11.9 Å². The van der Waals surface area contributed by atoms with Crippen LogP contribution in [0.25, 0.3) is 11.4 Å². The average Bonchev–Trinajstić information content (AvgIpc) is 3.58. The number of esters is 1. The number of aromatic amines is 1. The summed E-state index contributed by atoms with van der Waals surface area (Å²) < 4.78 is 10.5. The molecule has 2 amide bonds. The number of urea groups is 1. The minimum Gasteiger partial charge on any atom is -0.595 e. The number of rotatable bonds is 6. The Bertz CT molecular complexity index is 1410. The predicted molar refractivity (Wildman–Crippen MR) is 128 cm³/mol. The smallest absolute Gasteiger partial charge is 0.338 e. The van der Waals surface area contributed by atoms with Gasteiger partial charge in [-0.05, 0) is 31.2 Å². The van der Waals surface area contributed by atoms with Crippen molar-refractivity contribution in [2.24, 2.45) is 0 Å². The molecule has 0 aliphatic carbocycles. The van der Waals surface area contributed by atoms with Crippen molar-refractivity contribution in [1.29, 1.82) is 0 Å². The number of aromatic nitrogens is 4. The lowest BCUT2D eigenvalue weighted by molar-refractivity contribution is -0.991. The Hall–Kier alpha value is -4.59. The normalized spacial score (nSPS) is 15.6. The Morgan fingerprint density at radius 2 is 2.11 bits per heavy atom. The first kappa shape index (κ1) is 24.1. The molecule has 4 N–H and O–H groups in total. The van der Waals surface area contributed by atoms with Gasteiger partial charge in [0.1, 0.15) is 6.04 Å². The SMILES string of the molecule is CCOC(=O)c1ccc(NC(=O)N2Cc3[nH]cnc3CC2c2nc(-c3cccc([NH+]([O-])O)c3)no2)cc1. The van der Waals surface area contributed by atoms with Gasteiger partial charge in [0.25, 0.3) is 0 Å². The van der Waals surface area contributed by atoms with E-state index in [0.29, 0.717) is 23.2 Å². The van der Waals surface area contributed by atoms with E-state index in [-0.39, 0.29) is 30.6 Å². The highest BCUT2D eigenvalue weighted by molar-refractivity contribution is 5.92. The standard InChI is InChI=1S/C24H23N7O6/c1-2-36-23(32)14-6-8-16(9-7-14)27-24(33)30-12-19-18(25-13-26-19)11-20(30)22-28-21(29-37-22)15-4-3-5-17(10-15)31(34)35/h3-10,13,20,31,34H,2,11-12H2,1H3,(H,25,26)(H,27,33). The Morgan fingerprint density at radius 1 is 1.30 bits per heavy atom. The number of fused-ring (bicyclic) bond motifs is 1. The zero-order valence-electron chi connectivity index (χ0n) is 19.7. The molecule has 2 unspecified atom stereocenters. The molecule has 0 saturated carbocycles. The van der Waals surface area contributed by atoms with Crippen molar-refractivity contribution in [3.8, 4) is 11.4 Å². The average molecular weight is 505 g/mol. The first-order chi connectivity index (χ1) is 17.9. The van der Waals surface area contributed by atoms with Crippen molar-refractivity contribution < 1.29 is 29.3 Å². The molecular formula is C24H23N7O6. The van der Waals surface area contributed by atoms with Gasteiger partial charge in [-0.2, -0.15) is 10.2 Å². The molecule has 13 heteroatoms. The second kappa shape index (κ2) is 10.2. The number of nitrogens with one attached hydrogen (secondary N) is 3. The van der Waals surface area contributed by atoms with Crippen molar-refractivity contribution in [2.45, 2.75) is 25.9 Å². The summed E-state index contributed by atoms with van der Waals surface area (Å²) in [6.07, 6.45) is 1.90. The van der Waals surface area contributed by atoms with Crippen molar-refractivity contribution >= 4 is 23.4 Å². The maximum atomic E-state index is 13.3. The predicted octanol–water partition coefficient (Wildman–Crippen LogP) is 2.37. The minimum atomic E-state index is -1.07. The van der Waals surface area contributed by atoms with E-state index in [0.717, 1.165) is 11.4 Å². The number of benzene rings is 2. The molecule has 0 fully saturated rings. The Kier molecular flexibility index (Phi) is 6.64. The van der Waals surface area contributed by atoms with Gasteiger partial charge >= 0.3 is 12.0 Å². The monoisotopic (exact) mass is 505 g/mol. The molecule has 190 valence electrons. The fourth-order valence-corrected chi connectivity index (χ4v) is 4.05. The van der Waals surface area contributed by atoms with Gasteiger partial charge in [-0.15, -0.1) is 0 Å². The van der Waals surface area contributed by atoms with E-state index in [1.165, 1.54) is 12.1 Å². The highest BCUT2D eigenvalue weighted by atomic mass is 16.8. The van der Waals surface area contributed by atoms with Gasteiger partial charge in [0, 0.05) is 29.8 Å². The van der Waals surface area contributed by atoms with Crippen LogP contribution in [0.15, 0.2) is 59.4 Å². The van der Waals surface area contributed by atoms with Crippen LogP contribution >= 0.6 is 0 Å². The van der Waals surface area contributed by atoms with Crippen LogP contribution in [-0.2, 0) is 17.7 Å². The molecule has 2 atom stereocenters. The van der Waals surface area contributed by atoms with Crippen molar-refractivity contribution in [3.63, 3.8) is 0 Å². The van der Waals surface area contributed by atoms with Gasteiger partial charge in [-0.1, -0.05) is 17.3 Å². The van der Waals surface area contributed by atoms with E-state index < -0.39 is 23.3 Å². The highest BCUT2D eigenvalue weighted by Gasteiger charge is 2.36. The van der Waals surface area contributed by atoms with Crippen molar-refractivity contribution in [3.05, 3.63) is 82.9 Å². The van der Waals surface area contributed by atoms with Crippen LogP contribution < -0.4 is 10.5 Å². The first-order valence-electron chi connectivity index (χ1n) is 11.5. The fourth-order valence-electron chi connectivity index (χ4n) is 4.05. The number of ether oxygens (including phenoxy) is 1. The maximum Gasteiger partial charge on any atom is 0.338 e. The number of carbonyl (C=O) groups is 2. The zero-order chi connectivity index (χ0) is 25.9. The first-order valence-corrected chi connectivity index (χ1v) is 11.5. The quantitative estimate of drug-likeness (QED) is 0.226. The molecule has 0 saturated heterocycles. The summed E-state index contributed by atoms with van der Waals surface area (Å²) >= 11 is 0. The van der Waals surface area contributed by atoms with Gasteiger partial charge in [0.05, 0.1) is 36.4 Å². The number of anilines is 1. The lowest BCUT2D eigenvalue weighted by atomic mass is 10.0. The van der Waals surface area contributed by atoms with Crippen LogP contribution in [0.3, 0.4) is 0 Å². The summed E-state index contributed by atoms with van der Waals surface area (Å²) in [5.41, 5.74) is 3.01. The summed E-state index contributed by atoms with van der Waals surface area (Å²) in [4.78, 5) is 38.6. The van der Waals surface area contributed by atoms with E-state index >= 15 is 0 Å². The molecule has 2 aromatic carbocycles. The molecule has 3 heterocycles. The maximum absolute atomic E-state index is 13.3.